The van der Waals surface area contributed by atoms with Gasteiger partial charge in [-0.2, -0.15) is 0 Å². The van der Waals surface area contributed by atoms with Crippen molar-refractivity contribution in [2.75, 3.05) is 35.2 Å². The van der Waals surface area contributed by atoms with Crippen LogP contribution in [-0.4, -0.2) is 59.3 Å². The zero-order valence-corrected chi connectivity index (χ0v) is 20.3. The smallest absolute Gasteiger partial charge is 0.203 e. The van der Waals surface area contributed by atoms with E-state index in [0.717, 1.165) is 11.1 Å². The fraction of sp³-hybridized carbons (Fsp3) is 0.286. The van der Waals surface area contributed by atoms with Crippen LogP contribution in [0, 0.1) is 5.82 Å². The molecule has 0 radical (unpaired) electrons. The summed E-state index contributed by atoms with van der Waals surface area (Å²) in [4.78, 5) is 2.13. The number of oxime groups is 1. The third-order valence-electron chi connectivity index (χ3n) is 5.32. The van der Waals surface area contributed by atoms with E-state index >= 15 is 0 Å². The zero-order valence-electron chi connectivity index (χ0n) is 17.9. The summed E-state index contributed by atoms with van der Waals surface area (Å²) in [5.74, 6) is 0.222. The summed E-state index contributed by atoms with van der Waals surface area (Å²) in [6.07, 6.45) is 0. The minimum Gasteiger partial charge on any atom is -0.409 e. The van der Waals surface area contributed by atoms with Gasteiger partial charge in [0.2, 0.25) is 11.7 Å². The average molecular weight is 553 g/mol. The van der Waals surface area contributed by atoms with Crippen LogP contribution < -0.4 is 10.6 Å². The number of hydrogen-bond acceptors (Lipinski definition) is 9. The van der Waals surface area contributed by atoms with E-state index in [-0.39, 0.29) is 33.3 Å². The number of nitrogens with one attached hydrogen (secondary N) is 2. The van der Waals surface area contributed by atoms with Crippen molar-refractivity contribution in [3.63, 3.8) is 0 Å². The molecule has 0 bridgehead atoms. The molecule has 1 aliphatic rings. The summed E-state index contributed by atoms with van der Waals surface area (Å²) in [7, 11) is -2.89. The largest absolute Gasteiger partial charge is 0.409 e. The van der Waals surface area contributed by atoms with Crippen LogP contribution >= 0.6 is 15.9 Å². The van der Waals surface area contributed by atoms with E-state index < -0.39 is 15.7 Å². The van der Waals surface area contributed by atoms with Gasteiger partial charge in [0.25, 0.3) is 0 Å². The van der Waals surface area contributed by atoms with Gasteiger partial charge < -0.3 is 15.8 Å². The number of amidine groups is 1. The molecule has 0 atom stereocenters. The van der Waals surface area contributed by atoms with Gasteiger partial charge in [-0.1, -0.05) is 29.4 Å². The molecule has 1 aliphatic heterocycles. The van der Waals surface area contributed by atoms with Crippen molar-refractivity contribution in [3.8, 4) is 0 Å². The van der Waals surface area contributed by atoms with Gasteiger partial charge in [0.15, 0.2) is 15.5 Å². The SMILES string of the molecule is O=S1(=O)CCN(Cc2ccc(CNc3nonc3/C(=N/O)Nc3ccc(F)c(Br)c3)cc2)CC1. The fourth-order valence-electron chi connectivity index (χ4n) is 3.42. The van der Waals surface area contributed by atoms with Crippen LogP contribution in [0.3, 0.4) is 0 Å². The molecule has 3 N–H and O–H groups in total. The molecular formula is C21H22BrFN6O4S. The van der Waals surface area contributed by atoms with E-state index in [1.165, 1.54) is 18.2 Å². The van der Waals surface area contributed by atoms with Crippen molar-refractivity contribution in [2.24, 2.45) is 5.16 Å². The molecule has 0 saturated carbocycles. The molecule has 0 aliphatic carbocycles. The lowest BCUT2D eigenvalue weighted by Crippen LogP contribution is -2.39. The molecular weight excluding hydrogens is 531 g/mol. The molecule has 180 valence electrons. The first-order valence-electron chi connectivity index (χ1n) is 10.3. The van der Waals surface area contributed by atoms with E-state index in [0.29, 0.717) is 31.9 Å². The maximum absolute atomic E-state index is 13.5. The molecule has 1 saturated heterocycles. The van der Waals surface area contributed by atoms with E-state index in [2.05, 4.69) is 46.9 Å². The van der Waals surface area contributed by atoms with Gasteiger partial charge in [-0.15, -0.1) is 0 Å². The van der Waals surface area contributed by atoms with Crippen LogP contribution in [0.25, 0.3) is 0 Å². The highest BCUT2D eigenvalue weighted by Gasteiger charge is 2.21. The van der Waals surface area contributed by atoms with Crippen molar-refractivity contribution in [1.29, 1.82) is 0 Å². The Morgan fingerprint density at radius 2 is 1.85 bits per heavy atom. The second-order valence-corrected chi connectivity index (χ2v) is 10.9. The molecule has 0 amide bonds. The minimum absolute atomic E-state index is 0.0267. The minimum atomic E-state index is -2.89. The highest BCUT2D eigenvalue weighted by molar-refractivity contribution is 9.10. The molecule has 1 fully saturated rings. The van der Waals surface area contributed by atoms with Gasteiger partial charge in [0, 0.05) is 31.9 Å². The second-order valence-electron chi connectivity index (χ2n) is 7.76. The Labute approximate surface area is 203 Å². The summed E-state index contributed by atoms with van der Waals surface area (Å²) in [5.41, 5.74) is 2.68. The Kier molecular flexibility index (Phi) is 7.44. The van der Waals surface area contributed by atoms with Crippen LogP contribution in [-0.2, 0) is 22.9 Å². The summed E-state index contributed by atoms with van der Waals surface area (Å²) in [6, 6.07) is 12.2. The van der Waals surface area contributed by atoms with Crippen molar-refractivity contribution in [2.45, 2.75) is 13.1 Å². The van der Waals surface area contributed by atoms with E-state index in [1.54, 1.807) is 0 Å². The number of benzene rings is 2. The molecule has 2 heterocycles. The molecule has 13 heteroatoms. The lowest BCUT2D eigenvalue weighted by molar-refractivity contribution is 0.287. The highest BCUT2D eigenvalue weighted by Crippen LogP contribution is 2.22. The first kappa shape index (κ1) is 24.1. The second kappa shape index (κ2) is 10.5. The van der Waals surface area contributed by atoms with Crippen LogP contribution in [0.1, 0.15) is 16.8 Å². The topological polar surface area (TPSA) is 133 Å². The number of hydrogen-bond donors (Lipinski definition) is 3. The summed E-state index contributed by atoms with van der Waals surface area (Å²) in [5, 5.41) is 26.2. The Morgan fingerprint density at radius 1 is 1.15 bits per heavy atom. The maximum atomic E-state index is 13.5. The normalized spacial score (nSPS) is 16.4. The molecule has 10 nitrogen and oxygen atoms in total. The number of sulfone groups is 1. The van der Waals surface area contributed by atoms with Gasteiger partial charge in [0.05, 0.1) is 16.0 Å². The molecule has 1 aromatic heterocycles. The predicted molar refractivity (Wildman–Crippen MR) is 128 cm³/mol. The standard InChI is InChI=1S/C21H22BrFN6O4S/c22-17-11-16(5-6-18(17)23)25-21(26-30)19-20(28-33-27-19)24-12-14-1-3-15(4-2-14)13-29-7-9-34(31,32)10-8-29/h1-6,11,30H,7-10,12-13H2,(H,24,28)(H,25,26). The number of rotatable bonds is 7. The Bertz CT molecular complexity index is 1270. The maximum Gasteiger partial charge on any atom is 0.203 e. The van der Waals surface area contributed by atoms with Crippen LogP contribution in [0.2, 0.25) is 0 Å². The predicted octanol–water partition coefficient (Wildman–Crippen LogP) is 3.06. The third kappa shape index (κ3) is 6.10. The zero-order chi connectivity index (χ0) is 24.1. The quantitative estimate of drug-likeness (QED) is 0.175. The van der Waals surface area contributed by atoms with Crippen molar-refractivity contribution in [3.05, 3.63) is 69.6 Å². The molecule has 2 aromatic carbocycles. The first-order chi connectivity index (χ1) is 16.3. The number of nitrogens with zero attached hydrogens (tertiary/aromatic N) is 4. The lowest BCUT2D eigenvalue weighted by Gasteiger charge is -2.26. The number of anilines is 2. The number of halogens is 2. The Hall–Kier alpha value is -3.03. The van der Waals surface area contributed by atoms with Gasteiger partial charge >= 0.3 is 0 Å². The molecule has 34 heavy (non-hydrogen) atoms. The highest BCUT2D eigenvalue weighted by atomic mass is 79.9. The van der Waals surface area contributed by atoms with Gasteiger partial charge in [-0.05, 0) is 55.6 Å². The average Bonchev–Trinajstić information content (AvgIpc) is 3.29. The van der Waals surface area contributed by atoms with Crippen molar-refractivity contribution < 1.29 is 22.6 Å². The van der Waals surface area contributed by atoms with Crippen molar-refractivity contribution >= 4 is 43.1 Å². The van der Waals surface area contributed by atoms with Crippen molar-refractivity contribution in [1.82, 2.24) is 15.2 Å². The number of aromatic nitrogens is 2. The summed E-state index contributed by atoms with van der Waals surface area (Å²) >= 11 is 3.11. The summed E-state index contributed by atoms with van der Waals surface area (Å²) in [6.45, 7) is 2.20. The van der Waals surface area contributed by atoms with Gasteiger partial charge in [-0.25, -0.2) is 17.4 Å². The first-order valence-corrected chi connectivity index (χ1v) is 13.0. The molecule has 4 rings (SSSR count). The van der Waals surface area contributed by atoms with Crippen LogP contribution in [0.5, 0.6) is 0 Å². The van der Waals surface area contributed by atoms with E-state index in [9.17, 15) is 18.0 Å². The third-order valence-corrected chi connectivity index (χ3v) is 7.54. The Balaban J connectivity index is 1.35. The summed E-state index contributed by atoms with van der Waals surface area (Å²) < 4.78 is 41.7. The lowest BCUT2D eigenvalue weighted by atomic mass is 10.1. The molecule has 3 aromatic rings. The monoisotopic (exact) mass is 552 g/mol. The molecule has 0 unspecified atom stereocenters. The van der Waals surface area contributed by atoms with E-state index in [4.69, 9.17) is 4.63 Å². The van der Waals surface area contributed by atoms with Gasteiger partial charge in [0.1, 0.15) is 5.82 Å². The van der Waals surface area contributed by atoms with Gasteiger partial charge in [-0.3, -0.25) is 4.90 Å². The van der Waals surface area contributed by atoms with E-state index in [1.807, 2.05) is 24.3 Å². The fourth-order valence-corrected chi connectivity index (χ4v) is 5.07. The molecule has 0 spiro atoms. The van der Waals surface area contributed by atoms with Crippen LogP contribution in [0.4, 0.5) is 15.9 Å². The van der Waals surface area contributed by atoms with Crippen LogP contribution in [0.15, 0.2) is 56.7 Å². The Morgan fingerprint density at radius 3 is 2.53 bits per heavy atom.